The van der Waals surface area contributed by atoms with Crippen LogP contribution in [0.4, 0.5) is 5.82 Å². The number of anilines is 1. The summed E-state index contributed by atoms with van der Waals surface area (Å²) in [7, 11) is 0. The summed E-state index contributed by atoms with van der Waals surface area (Å²) in [5.74, 6) is 0.980. The lowest BCUT2D eigenvalue weighted by molar-refractivity contribution is 0.422. The fourth-order valence-electron chi connectivity index (χ4n) is 2.76. The molecule has 0 spiro atoms. The lowest BCUT2D eigenvalue weighted by Gasteiger charge is -2.33. The average molecular weight is 283 g/mol. The monoisotopic (exact) mass is 283 g/mol. The first-order valence-electron chi connectivity index (χ1n) is 7.58. The zero-order valence-corrected chi connectivity index (χ0v) is 12.2. The van der Waals surface area contributed by atoms with Crippen molar-refractivity contribution in [2.75, 3.05) is 24.5 Å². The fourth-order valence-corrected chi connectivity index (χ4v) is 2.76. The van der Waals surface area contributed by atoms with Gasteiger partial charge >= 0.3 is 0 Å². The van der Waals surface area contributed by atoms with Gasteiger partial charge in [0.1, 0.15) is 0 Å². The largest absolute Gasteiger partial charge is 0.354 e. The third-order valence-electron chi connectivity index (χ3n) is 3.84. The van der Waals surface area contributed by atoms with E-state index in [9.17, 15) is 0 Å². The van der Waals surface area contributed by atoms with Gasteiger partial charge in [-0.3, -0.25) is 4.98 Å². The van der Waals surface area contributed by atoms with Crippen LogP contribution in [-0.2, 0) is 6.42 Å². The highest BCUT2D eigenvalue weighted by atomic mass is 15.3. The first kappa shape index (κ1) is 13.9. The molecule has 1 aliphatic heterocycles. The molecule has 5 heteroatoms. The van der Waals surface area contributed by atoms with Gasteiger partial charge in [0.2, 0.25) is 0 Å². The van der Waals surface area contributed by atoms with Gasteiger partial charge < -0.3 is 10.2 Å². The molecule has 2 aromatic heterocycles. The zero-order chi connectivity index (χ0) is 14.3. The molecule has 0 aromatic carbocycles. The molecule has 5 nitrogen and oxygen atoms in total. The van der Waals surface area contributed by atoms with Gasteiger partial charge in [0.05, 0.1) is 0 Å². The SMILES string of the molecule is c1ccc(CCNC2CCCN(c3cccnn3)C2)nc1. The van der Waals surface area contributed by atoms with Crippen LogP contribution >= 0.6 is 0 Å². The molecule has 21 heavy (non-hydrogen) atoms. The minimum atomic E-state index is 0.518. The van der Waals surface area contributed by atoms with Gasteiger partial charge in [0.15, 0.2) is 5.82 Å². The molecule has 0 amide bonds. The summed E-state index contributed by atoms with van der Waals surface area (Å²) in [6.07, 6.45) is 6.96. The highest BCUT2D eigenvalue weighted by Gasteiger charge is 2.20. The Morgan fingerprint density at radius 2 is 2.19 bits per heavy atom. The summed E-state index contributed by atoms with van der Waals surface area (Å²) in [4.78, 5) is 6.67. The van der Waals surface area contributed by atoms with Crippen LogP contribution in [0.25, 0.3) is 0 Å². The van der Waals surface area contributed by atoms with Crippen LogP contribution in [0.1, 0.15) is 18.5 Å². The second-order valence-electron chi connectivity index (χ2n) is 5.39. The zero-order valence-electron chi connectivity index (χ0n) is 12.2. The number of nitrogens with zero attached hydrogens (tertiary/aromatic N) is 4. The van der Waals surface area contributed by atoms with Crippen molar-refractivity contribution in [2.24, 2.45) is 0 Å². The Bertz CT molecular complexity index is 531. The molecule has 1 aliphatic rings. The highest BCUT2D eigenvalue weighted by Crippen LogP contribution is 2.16. The second-order valence-corrected chi connectivity index (χ2v) is 5.39. The van der Waals surface area contributed by atoms with Gasteiger partial charge in [-0.05, 0) is 37.1 Å². The predicted octanol–water partition coefficient (Wildman–Crippen LogP) is 1.67. The van der Waals surface area contributed by atoms with E-state index >= 15 is 0 Å². The average Bonchev–Trinajstić information content (AvgIpc) is 2.57. The van der Waals surface area contributed by atoms with Crippen LogP contribution in [0.2, 0.25) is 0 Å². The maximum atomic E-state index is 4.36. The lowest BCUT2D eigenvalue weighted by Crippen LogP contribution is -2.46. The molecule has 0 aliphatic carbocycles. The topological polar surface area (TPSA) is 53.9 Å². The smallest absolute Gasteiger partial charge is 0.151 e. The van der Waals surface area contributed by atoms with Gasteiger partial charge in [-0.1, -0.05) is 6.07 Å². The molecule has 0 saturated carbocycles. The molecule has 3 heterocycles. The van der Waals surface area contributed by atoms with E-state index in [0.717, 1.165) is 37.6 Å². The van der Waals surface area contributed by atoms with E-state index in [1.54, 1.807) is 6.20 Å². The number of nitrogens with one attached hydrogen (secondary N) is 1. The van der Waals surface area contributed by atoms with E-state index in [0.29, 0.717) is 6.04 Å². The van der Waals surface area contributed by atoms with Crippen molar-refractivity contribution >= 4 is 5.82 Å². The molecule has 1 atom stereocenters. The molecule has 1 N–H and O–H groups in total. The van der Waals surface area contributed by atoms with E-state index in [2.05, 4.69) is 31.5 Å². The third kappa shape index (κ3) is 3.98. The van der Waals surface area contributed by atoms with Crippen molar-refractivity contribution in [1.29, 1.82) is 0 Å². The van der Waals surface area contributed by atoms with Crippen LogP contribution in [0.15, 0.2) is 42.7 Å². The second kappa shape index (κ2) is 7.13. The van der Waals surface area contributed by atoms with Crippen LogP contribution < -0.4 is 10.2 Å². The van der Waals surface area contributed by atoms with Crippen molar-refractivity contribution in [2.45, 2.75) is 25.3 Å². The molecule has 1 saturated heterocycles. The van der Waals surface area contributed by atoms with Crippen molar-refractivity contribution < 1.29 is 0 Å². The molecule has 3 rings (SSSR count). The number of hydrogen-bond acceptors (Lipinski definition) is 5. The van der Waals surface area contributed by atoms with Gasteiger partial charge in [-0.25, -0.2) is 0 Å². The predicted molar refractivity (Wildman–Crippen MR) is 83.2 cm³/mol. The van der Waals surface area contributed by atoms with Crippen molar-refractivity contribution in [3.8, 4) is 0 Å². The summed E-state index contributed by atoms with van der Waals surface area (Å²) in [5, 5.41) is 11.8. The summed E-state index contributed by atoms with van der Waals surface area (Å²) in [6, 6.07) is 10.6. The Morgan fingerprint density at radius 1 is 1.19 bits per heavy atom. The Kier molecular flexibility index (Phi) is 4.74. The Morgan fingerprint density at radius 3 is 3.00 bits per heavy atom. The van der Waals surface area contributed by atoms with Crippen LogP contribution in [-0.4, -0.2) is 40.9 Å². The maximum Gasteiger partial charge on any atom is 0.151 e. The molecule has 110 valence electrons. The van der Waals surface area contributed by atoms with Crippen LogP contribution in [0.3, 0.4) is 0 Å². The number of piperidine rings is 1. The normalized spacial score (nSPS) is 18.7. The molecular weight excluding hydrogens is 262 g/mol. The van der Waals surface area contributed by atoms with Crippen molar-refractivity contribution in [3.05, 3.63) is 48.4 Å². The van der Waals surface area contributed by atoms with E-state index in [1.165, 1.54) is 12.8 Å². The number of rotatable bonds is 5. The van der Waals surface area contributed by atoms with Crippen molar-refractivity contribution in [3.63, 3.8) is 0 Å². The Balaban J connectivity index is 1.48. The Labute approximate surface area is 125 Å². The first-order valence-corrected chi connectivity index (χ1v) is 7.58. The third-order valence-corrected chi connectivity index (χ3v) is 3.84. The summed E-state index contributed by atoms with van der Waals surface area (Å²) in [6.45, 7) is 3.04. The number of pyridine rings is 1. The lowest BCUT2D eigenvalue weighted by atomic mass is 10.1. The molecule has 1 unspecified atom stereocenters. The number of hydrogen-bond donors (Lipinski definition) is 1. The highest BCUT2D eigenvalue weighted by molar-refractivity contribution is 5.37. The van der Waals surface area contributed by atoms with Crippen LogP contribution in [0, 0.1) is 0 Å². The minimum Gasteiger partial charge on any atom is -0.354 e. The maximum absolute atomic E-state index is 4.36. The van der Waals surface area contributed by atoms with E-state index in [1.807, 2.05) is 30.5 Å². The summed E-state index contributed by atoms with van der Waals surface area (Å²) >= 11 is 0. The summed E-state index contributed by atoms with van der Waals surface area (Å²) in [5.41, 5.74) is 1.14. The quantitative estimate of drug-likeness (QED) is 0.904. The van der Waals surface area contributed by atoms with E-state index < -0.39 is 0 Å². The fraction of sp³-hybridized carbons (Fsp3) is 0.438. The Hall–Kier alpha value is -2.01. The first-order chi connectivity index (χ1) is 10.4. The molecular formula is C16H21N5. The molecule has 0 bridgehead atoms. The van der Waals surface area contributed by atoms with Gasteiger partial charge in [0.25, 0.3) is 0 Å². The summed E-state index contributed by atoms with van der Waals surface area (Å²) < 4.78 is 0. The van der Waals surface area contributed by atoms with Crippen molar-refractivity contribution in [1.82, 2.24) is 20.5 Å². The molecule has 1 fully saturated rings. The standard InChI is InChI=1S/C16H21N5/c1-2-9-17-14(5-1)8-11-18-15-6-4-12-21(13-15)16-7-3-10-19-20-16/h1-3,5,7,9-10,15,18H,4,6,8,11-13H2. The molecule has 2 aromatic rings. The van der Waals surface area contributed by atoms with Crippen LogP contribution in [0.5, 0.6) is 0 Å². The van der Waals surface area contributed by atoms with Gasteiger partial charge in [0, 0.05) is 50.2 Å². The van der Waals surface area contributed by atoms with E-state index in [-0.39, 0.29) is 0 Å². The molecule has 0 radical (unpaired) electrons. The minimum absolute atomic E-state index is 0.518. The van der Waals surface area contributed by atoms with E-state index in [4.69, 9.17) is 0 Å². The van der Waals surface area contributed by atoms with Gasteiger partial charge in [-0.2, -0.15) is 5.10 Å². The number of aromatic nitrogens is 3. The van der Waals surface area contributed by atoms with Gasteiger partial charge in [-0.15, -0.1) is 5.10 Å².